The molecule has 0 saturated heterocycles. The zero-order valence-electron chi connectivity index (χ0n) is 16.7. The standard InChI is InChI=1S/C22H30N2O4/c1-14-4-3-5-15(2)20(14)28-12-19(26)24-23-18(25)11-21-7-16-6-17(8-21)10-22(27,9-16)13-21/h3-5,16-17,27H,6-13H2,1-2H3,(H,23,25)(H,24,26)/t16-,17+,21?,22?. The van der Waals surface area contributed by atoms with Gasteiger partial charge in [-0.1, -0.05) is 18.2 Å². The summed E-state index contributed by atoms with van der Waals surface area (Å²) >= 11 is 0. The molecule has 6 heteroatoms. The molecule has 1 aromatic rings. The Morgan fingerprint density at radius 1 is 1.07 bits per heavy atom. The summed E-state index contributed by atoms with van der Waals surface area (Å²) in [6.45, 7) is 3.71. The molecule has 0 heterocycles. The minimum absolute atomic E-state index is 0.109. The normalized spacial score (nSPS) is 32.8. The SMILES string of the molecule is Cc1cccc(C)c1OCC(=O)NNC(=O)CC12C[C@@H]3C[C@@H](CC(O)(C3)C1)C2. The number of benzene rings is 1. The van der Waals surface area contributed by atoms with E-state index in [1.54, 1.807) is 0 Å². The quantitative estimate of drug-likeness (QED) is 0.679. The van der Waals surface area contributed by atoms with Crippen molar-refractivity contribution < 1.29 is 19.4 Å². The molecule has 3 N–H and O–H groups in total. The Morgan fingerprint density at radius 2 is 1.68 bits per heavy atom. The van der Waals surface area contributed by atoms with Gasteiger partial charge in [0.2, 0.25) is 5.91 Å². The van der Waals surface area contributed by atoms with Gasteiger partial charge in [0.15, 0.2) is 6.61 Å². The van der Waals surface area contributed by atoms with E-state index in [0.29, 0.717) is 30.4 Å². The fraction of sp³-hybridized carbons (Fsp3) is 0.636. The maximum Gasteiger partial charge on any atom is 0.276 e. The molecule has 4 bridgehead atoms. The topological polar surface area (TPSA) is 87.7 Å². The Bertz CT molecular complexity index is 756. The van der Waals surface area contributed by atoms with Gasteiger partial charge in [-0.05, 0) is 80.8 Å². The molecule has 4 saturated carbocycles. The number of aryl methyl sites for hydroxylation is 2. The summed E-state index contributed by atoms with van der Waals surface area (Å²) in [5.41, 5.74) is 6.25. The zero-order valence-corrected chi connectivity index (χ0v) is 16.7. The van der Waals surface area contributed by atoms with Gasteiger partial charge in [-0.3, -0.25) is 20.4 Å². The summed E-state index contributed by atoms with van der Waals surface area (Å²) in [6, 6.07) is 5.81. The van der Waals surface area contributed by atoms with Gasteiger partial charge in [-0.25, -0.2) is 0 Å². The minimum atomic E-state index is -0.577. The van der Waals surface area contributed by atoms with Gasteiger partial charge in [0.25, 0.3) is 5.91 Å². The second-order valence-corrected chi connectivity index (χ2v) is 9.47. The molecule has 4 aliphatic rings. The number of hydrogen-bond acceptors (Lipinski definition) is 4. The summed E-state index contributed by atoms with van der Waals surface area (Å²) in [5.74, 6) is 1.20. The van der Waals surface area contributed by atoms with Crippen LogP contribution in [0.15, 0.2) is 18.2 Å². The summed E-state index contributed by atoms with van der Waals surface area (Å²) in [5, 5.41) is 10.8. The summed E-state index contributed by atoms with van der Waals surface area (Å²) in [6.07, 6.45) is 6.08. The maximum atomic E-state index is 12.5. The van der Waals surface area contributed by atoms with Crippen LogP contribution in [0.5, 0.6) is 5.75 Å². The number of carbonyl (C=O) groups excluding carboxylic acids is 2. The van der Waals surface area contributed by atoms with Gasteiger partial charge in [0.05, 0.1) is 5.60 Å². The first-order chi connectivity index (χ1) is 13.3. The Morgan fingerprint density at radius 3 is 2.29 bits per heavy atom. The van der Waals surface area contributed by atoms with E-state index < -0.39 is 5.60 Å². The van der Waals surface area contributed by atoms with Crippen molar-refractivity contribution in [3.8, 4) is 5.75 Å². The molecule has 0 radical (unpaired) electrons. The van der Waals surface area contributed by atoms with Crippen molar-refractivity contribution in [3.63, 3.8) is 0 Å². The van der Waals surface area contributed by atoms with Crippen molar-refractivity contribution in [1.82, 2.24) is 10.9 Å². The third kappa shape index (κ3) is 3.88. The van der Waals surface area contributed by atoms with Crippen molar-refractivity contribution in [2.24, 2.45) is 17.3 Å². The molecule has 2 amide bonds. The first-order valence-electron chi connectivity index (χ1n) is 10.3. The number of ether oxygens (including phenoxy) is 1. The fourth-order valence-corrected chi connectivity index (χ4v) is 6.33. The Balaban J connectivity index is 1.26. The molecular weight excluding hydrogens is 356 g/mol. The van der Waals surface area contributed by atoms with Crippen LogP contribution in [0.2, 0.25) is 0 Å². The predicted molar refractivity (Wildman–Crippen MR) is 104 cm³/mol. The van der Waals surface area contributed by atoms with E-state index in [1.807, 2.05) is 32.0 Å². The van der Waals surface area contributed by atoms with Crippen LogP contribution in [0.1, 0.15) is 56.1 Å². The second kappa shape index (κ2) is 7.07. The highest BCUT2D eigenvalue weighted by Gasteiger charge is 2.57. The van der Waals surface area contributed by atoms with Crippen LogP contribution in [-0.4, -0.2) is 29.1 Å². The van der Waals surface area contributed by atoms with Gasteiger partial charge < -0.3 is 9.84 Å². The third-order valence-corrected chi connectivity index (χ3v) is 6.78. The van der Waals surface area contributed by atoms with Crippen LogP contribution in [0, 0.1) is 31.1 Å². The number of carbonyl (C=O) groups is 2. The highest BCUT2D eigenvalue weighted by atomic mass is 16.5. The van der Waals surface area contributed by atoms with Crippen LogP contribution >= 0.6 is 0 Å². The fourth-order valence-electron chi connectivity index (χ4n) is 6.33. The molecule has 4 atom stereocenters. The summed E-state index contributed by atoms with van der Waals surface area (Å²) in [4.78, 5) is 24.5. The van der Waals surface area contributed by atoms with E-state index in [2.05, 4.69) is 10.9 Å². The van der Waals surface area contributed by atoms with Crippen molar-refractivity contribution in [3.05, 3.63) is 29.3 Å². The van der Waals surface area contributed by atoms with E-state index in [-0.39, 0.29) is 23.8 Å². The number of nitrogens with one attached hydrogen (secondary N) is 2. The summed E-state index contributed by atoms with van der Waals surface area (Å²) in [7, 11) is 0. The third-order valence-electron chi connectivity index (χ3n) is 6.78. The monoisotopic (exact) mass is 386 g/mol. The van der Waals surface area contributed by atoms with Gasteiger partial charge >= 0.3 is 0 Å². The number of hydrazine groups is 1. The minimum Gasteiger partial charge on any atom is -0.483 e. The predicted octanol–water partition coefficient (Wildman–Crippen LogP) is 2.55. The molecule has 0 aromatic heterocycles. The molecule has 0 aliphatic heterocycles. The number of para-hydroxylation sites is 1. The van der Waals surface area contributed by atoms with Crippen LogP contribution in [0.3, 0.4) is 0 Å². The van der Waals surface area contributed by atoms with Crippen molar-refractivity contribution in [2.75, 3.05) is 6.61 Å². The molecular formula is C22H30N2O4. The van der Waals surface area contributed by atoms with Gasteiger partial charge in [-0.15, -0.1) is 0 Å². The van der Waals surface area contributed by atoms with Crippen molar-refractivity contribution >= 4 is 11.8 Å². The van der Waals surface area contributed by atoms with Crippen LogP contribution in [0.25, 0.3) is 0 Å². The second-order valence-electron chi connectivity index (χ2n) is 9.47. The smallest absolute Gasteiger partial charge is 0.276 e. The lowest BCUT2D eigenvalue weighted by molar-refractivity contribution is -0.169. The number of amides is 2. The molecule has 4 aliphatic carbocycles. The molecule has 2 unspecified atom stereocenters. The van der Waals surface area contributed by atoms with Crippen LogP contribution in [0.4, 0.5) is 0 Å². The van der Waals surface area contributed by atoms with Gasteiger partial charge in [0.1, 0.15) is 5.75 Å². The molecule has 4 fully saturated rings. The molecule has 28 heavy (non-hydrogen) atoms. The maximum absolute atomic E-state index is 12.5. The largest absolute Gasteiger partial charge is 0.483 e. The molecule has 6 nitrogen and oxygen atoms in total. The van der Waals surface area contributed by atoms with E-state index >= 15 is 0 Å². The average Bonchev–Trinajstić information content (AvgIpc) is 2.57. The zero-order chi connectivity index (χ0) is 19.9. The average molecular weight is 386 g/mol. The van der Waals surface area contributed by atoms with E-state index in [4.69, 9.17) is 4.74 Å². The van der Waals surface area contributed by atoms with Crippen molar-refractivity contribution in [2.45, 2.75) is 64.4 Å². The molecule has 1 aromatic carbocycles. The lowest BCUT2D eigenvalue weighted by atomic mass is 9.47. The first kappa shape index (κ1) is 19.2. The van der Waals surface area contributed by atoms with Crippen LogP contribution < -0.4 is 15.6 Å². The van der Waals surface area contributed by atoms with E-state index in [0.717, 1.165) is 36.8 Å². The highest BCUT2D eigenvalue weighted by Crippen LogP contribution is 2.62. The van der Waals surface area contributed by atoms with Gasteiger partial charge in [0, 0.05) is 6.42 Å². The Hall–Kier alpha value is -2.08. The van der Waals surface area contributed by atoms with E-state index in [9.17, 15) is 14.7 Å². The number of aliphatic hydroxyl groups is 1. The summed E-state index contributed by atoms with van der Waals surface area (Å²) < 4.78 is 5.61. The van der Waals surface area contributed by atoms with Crippen LogP contribution in [-0.2, 0) is 9.59 Å². The van der Waals surface area contributed by atoms with Gasteiger partial charge in [-0.2, -0.15) is 0 Å². The van der Waals surface area contributed by atoms with Crippen molar-refractivity contribution in [1.29, 1.82) is 0 Å². The molecule has 152 valence electrons. The number of hydrogen-bond donors (Lipinski definition) is 3. The Kier molecular flexibility index (Phi) is 4.86. The van der Waals surface area contributed by atoms with E-state index in [1.165, 1.54) is 6.42 Å². The lowest BCUT2D eigenvalue weighted by Crippen LogP contribution is -2.57. The number of rotatable bonds is 5. The lowest BCUT2D eigenvalue weighted by Gasteiger charge is -2.60. The Labute approximate surface area is 166 Å². The molecule has 5 rings (SSSR count). The highest BCUT2D eigenvalue weighted by molar-refractivity contribution is 5.83. The first-order valence-corrected chi connectivity index (χ1v) is 10.3. The molecule has 0 spiro atoms.